The van der Waals surface area contributed by atoms with Crippen LogP contribution < -0.4 is 4.90 Å². The number of nitro benzene ring substituents is 1. The summed E-state index contributed by atoms with van der Waals surface area (Å²) in [4.78, 5) is 25.6. The Balaban J connectivity index is 2.32. The van der Waals surface area contributed by atoms with Gasteiger partial charge in [0.05, 0.1) is 4.92 Å². The van der Waals surface area contributed by atoms with E-state index in [2.05, 4.69) is 16.7 Å². The number of nitro groups is 1. The van der Waals surface area contributed by atoms with Crippen LogP contribution >= 0.6 is 0 Å². The molecule has 21 heavy (non-hydrogen) atoms. The van der Waals surface area contributed by atoms with E-state index in [1.165, 1.54) is 12.1 Å². The van der Waals surface area contributed by atoms with Crippen LogP contribution in [0, 0.1) is 16.0 Å². The molecule has 0 spiro atoms. The predicted octanol–water partition coefficient (Wildman–Crippen LogP) is 1.68. The molecule has 0 aromatic heterocycles. The van der Waals surface area contributed by atoms with Crippen molar-refractivity contribution in [3.63, 3.8) is 0 Å². The summed E-state index contributed by atoms with van der Waals surface area (Å²) in [5.74, 6) is -0.830. The second-order valence-corrected chi connectivity index (χ2v) is 5.68. The molecule has 7 nitrogen and oxygen atoms in total. The van der Waals surface area contributed by atoms with Crippen molar-refractivity contribution in [3.05, 3.63) is 33.9 Å². The van der Waals surface area contributed by atoms with Gasteiger partial charge in [0.25, 0.3) is 5.69 Å². The molecule has 1 saturated heterocycles. The van der Waals surface area contributed by atoms with Crippen LogP contribution in [0.15, 0.2) is 18.2 Å². The summed E-state index contributed by atoms with van der Waals surface area (Å²) >= 11 is 0. The average Bonchev–Trinajstić information content (AvgIpc) is 2.80. The lowest BCUT2D eigenvalue weighted by molar-refractivity contribution is -0.385. The molecule has 2 unspecified atom stereocenters. The number of anilines is 1. The van der Waals surface area contributed by atoms with Crippen LogP contribution in [0.25, 0.3) is 0 Å². The van der Waals surface area contributed by atoms with Crippen molar-refractivity contribution < 1.29 is 14.8 Å². The molecule has 0 radical (unpaired) electrons. The first kappa shape index (κ1) is 15.2. The zero-order chi connectivity index (χ0) is 15.7. The molecule has 114 valence electrons. The van der Waals surface area contributed by atoms with Gasteiger partial charge in [0.15, 0.2) is 0 Å². The van der Waals surface area contributed by atoms with Crippen LogP contribution in [0.2, 0.25) is 0 Å². The molecule has 2 rings (SSSR count). The number of carboxylic acid groups (broad SMARTS) is 1. The number of carbonyl (C=O) groups is 1. The first-order chi connectivity index (χ1) is 9.81. The van der Waals surface area contributed by atoms with E-state index in [1.54, 1.807) is 6.07 Å². The second-order valence-electron chi connectivity index (χ2n) is 5.68. The number of likely N-dealkylation sites (N-methyl/N-ethyl adjacent to an activating group) is 1. The van der Waals surface area contributed by atoms with Crippen LogP contribution in [-0.4, -0.2) is 54.1 Å². The summed E-state index contributed by atoms with van der Waals surface area (Å²) in [5.41, 5.74) is 0.0790. The van der Waals surface area contributed by atoms with Crippen molar-refractivity contribution in [1.82, 2.24) is 4.90 Å². The van der Waals surface area contributed by atoms with Crippen LogP contribution in [0.5, 0.6) is 0 Å². The molecule has 7 heteroatoms. The monoisotopic (exact) mass is 293 g/mol. The Morgan fingerprint density at radius 1 is 1.43 bits per heavy atom. The van der Waals surface area contributed by atoms with Gasteiger partial charge in [0.1, 0.15) is 5.56 Å². The fourth-order valence-electron chi connectivity index (χ4n) is 2.88. The highest BCUT2D eigenvalue weighted by atomic mass is 16.6. The van der Waals surface area contributed by atoms with E-state index < -0.39 is 10.9 Å². The standard InChI is InChI=1S/C14H19N3O4/c1-9-7-16(8-13(9)15(2)3)10-4-5-12(17(20)21)11(6-10)14(18)19/h4-6,9,13H,7-8H2,1-3H3,(H,18,19). The van der Waals surface area contributed by atoms with Crippen molar-refractivity contribution >= 4 is 17.3 Å². The third-order valence-corrected chi connectivity index (χ3v) is 4.01. The largest absolute Gasteiger partial charge is 0.477 e. The fourth-order valence-corrected chi connectivity index (χ4v) is 2.88. The van der Waals surface area contributed by atoms with Gasteiger partial charge >= 0.3 is 5.97 Å². The highest BCUT2D eigenvalue weighted by Crippen LogP contribution is 2.30. The van der Waals surface area contributed by atoms with Gasteiger partial charge in [-0.05, 0) is 32.1 Å². The lowest BCUT2D eigenvalue weighted by Crippen LogP contribution is -2.34. The zero-order valence-electron chi connectivity index (χ0n) is 12.3. The van der Waals surface area contributed by atoms with Crippen LogP contribution in [0.3, 0.4) is 0 Å². The summed E-state index contributed by atoms with van der Waals surface area (Å²) in [6.45, 7) is 3.74. The molecule has 2 atom stereocenters. The molecule has 0 bridgehead atoms. The third kappa shape index (κ3) is 2.97. The Labute approximate surface area is 122 Å². The van der Waals surface area contributed by atoms with E-state index in [-0.39, 0.29) is 11.3 Å². The number of rotatable bonds is 4. The van der Waals surface area contributed by atoms with Gasteiger partial charge in [-0.3, -0.25) is 10.1 Å². The van der Waals surface area contributed by atoms with Crippen molar-refractivity contribution in [2.45, 2.75) is 13.0 Å². The van der Waals surface area contributed by atoms with Crippen molar-refractivity contribution in [1.29, 1.82) is 0 Å². The predicted molar refractivity (Wildman–Crippen MR) is 78.9 cm³/mol. The van der Waals surface area contributed by atoms with E-state index in [1.807, 2.05) is 14.1 Å². The maximum absolute atomic E-state index is 11.2. The molecule has 1 heterocycles. The van der Waals surface area contributed by atoms with Gasteiger partial charge in [0, 0.05) is 30.9 Å². The maximum atomic E-state index is 11.2. The van der Waals surface area contributed by atoms with Crippen LogP contribution in [0.4, 0.5) is 11.4 Å². The summed E-state index contributed by atoms with van der Waals surface area (Å²) < 4.78 is 0. The number of aromatic carboxylic acids is 1. The van der Waals surface area contributed by atoms with E-state index in [9.17, 15) is 14.9 Å². The van der Waals surface area contributed by atoms with Gasteiger partial charge in [-0.1, -0.05) is 6.92 Å². The van der Waals surface area contributed by atoms with Gasteiger partial charge in [-0.2, -0.15) is 0 Å². The topological polar surface area (TPSA) is 86.9 Å². The zero-order valence-corrected chi connectivity index (χ0v) is 12.3. The Bertz CT molecular complexity index is 573. The van der Waals surface area contributed by atoms with Crippen molar-refractivity contribution in [2.75, 3.05) is 32.1 Å². The third-order valence-electron chi connectivity index (χ3n) is 4.01. The minimum atomic E-state index is -1.28. The van der Waals surface area contributed by atoms with Crippen molar-refractivity contribution in [3.8, 4) is 0 Å². The summed E-state index contributed by atoms with van der Waals surface area (Å²) in [6.07, 6.45) is 0. The summed E-state index contributed by atoms with van der Waals surface area (Å²) in [5, 5.41) is 20.0. The van der Waals surface area contributed by atoms with E-state index >= 15 is 0 Å². The number of hydrogen-bond donors (Lipinski definition) is 1. The molecule has 1 N–H and O–H groups in total. The highest BCUT2D eigenvalue weighted by Gasteiger charge is 2.32. The molecule has 1 aromatic rings. The molecule has 1 aliphatic heterocycles. The molecular formula is C14H19N3O4. The van der Waals surface area contributed by atoms with E-state index in [0.717, 1.165) is 13.1 Å². The molecule has 0 amide bonds. The van der Waals surface area contributed by atoms with Gasteiger partial charge in [0.2, 0.25) is 0 Å². The molecular weight excluding hydrogens is 274 g/mol. The number of hydrogen-bond acceptors (Lipinski definition) is 5. The first-order valence-corrected chi connectivity index (χ1v) is 6.74. The highest BCUT2D eigenvalue weighted by molar-refractivity contribution is 5.93. The Morgan fingerprint density at radius 3 is 2.57 bits per heavy atom. The lowest BCUT2D eigenvalue weighted by Gasteiger charge is -2.23. The minimum Gasteiger partial charge on any atom is -0.477 e. The first-order valence-electron chi connectivity index (χ1n) is 6.74. The fraction of sp³-hybridized carbons (Fsp3) is 0.500. The van der Waals surface area contributed by atoms with E-state index in [0.29, 0.717) is 17.6 Å². The van der Waals surface area contributed by atoms with Crippen molar-refractivity contribution in [2.24, 2.45) is 5.92 Å². The number of nitrogens with zero attached hydrogens (tertiary/aromatic N) is 3. The average molecular weight is 293 g/mol. The Morgan fingerprint density at radius 2 is 2.10 bits per heavy atom. The molecule has 1 aromatic carbocycles. The van der Waals surface area contributed by atoms with Gasteiger partial charge in [-0.15, -0.1) is 0 Å². The lowest BCUT2D eigenvalue weighted by atomic mass is 10.1. The second kappa shape index (κ2) is 5.69. The van der Waals surface area contributed by atoms with Gasteiger partial charge < -0.3 is 14.9 Å². The Hall–Kier alpha value is -2.15. The molecule has 0 aliphatic carbocycles. The normalized spacial score (nSPS) is 21.8. The number of carboxylic acids is 1. The molecule has 1 fully saturated rings. The number of benzene rings is 1. The maximum Gasteiger partial charge on any atom is 0.342 e. The SMILES string of the molecule is CC1CN(c2ccc([N+](=O)[O-])c(C(=O)O)c2)CC1N(C)C. The minimum absolute atomic E-state index is 0.265. The Kier molecular flexibility index (Phi) is 4.13. The summed E-state index contributed by atoms with van der Waals surface area (Å²) in [7, 11) is 4.03. The van der Waals surface area contributed by atoms with Crippen LogP contribution in [-0.2, 0) is 0 Å². The summed E-state index contributed by atoms with van der Waals surface area (Å²) in [6, 6.07) is 4.67. The molecule has 1 aliphatic rings. The van der Waals surface area contributed by atoms with Gasteiger partial charge in [-0.25, -0.2) is 4.79 Å². The van der Waals surface area contributed by atoms with E-state index in [4.69, 9.17) is 5.11 Å². The smallest absolute Gasteiger partial charge is 0.342 e. The quantitative estimate of drug-likeness (QED) is 0.671. The molecule has 0 saturated carbocycles. The van der Waals surface area contributed by atoms with Crippen LogP contribution in [0.1, 0.15) is 17.3 Å².